The Kier molecular flexibility index (Phi) is 6.36. The number of amides is 1. The average molecular weight is 376 g/mol. The van der Waals surface area contributed by atoms with E-state index in [0.29, 0.717) is 19.1 Å². The van der Waals surface area contributed by atoms with E-state index in [1.807, 2.05) is 18.1 Å². The molecule has 1 unspecified atom stereocenters. The van der Waals surface area contributed by atoms with E-state index in [9.17, 15) is 4.79 Å². The molecule has 2 aliphatic rings. The quantitative estimate of drug-likeness (QED) is 0.622. The number of carbonyl (C=O) groups excluding carboxylic acids is 1. The van der Waals surface area contributed by atoms with Crippen molar-refractivity contribution in [1.82, 2.24) is 24.9 Å². The molecule has 8 heteroatoms. The zero-order valence-corrected chi connectivity index (χ0v) is 17.1. The lowest BCUT2D eigenvalue weighted by Crippen LogP contribution is -2.56. The number of piperazine rings is 1. The molecule has 1 atom stereocenters. The molecule has 3 heterocycles. The lowest BCUT2D eigenvalue weighted by Gasteiger charge is -2.37. The molecule has 3 rings (SSSR count). The van der Waals surface area contributed by atoms with Gasteiger partial charge in [0.05, 0.1) is 11.9 Å². The monoisotopic (exact) mass is 375 g/mol. The first-order chi connectivity index (χ1) is 13.0. The highest BCUT2D eigenvalue weighted by molar-refractivity contribution is 5.98. The summed E-state index contributed by atoms with van der Waals surface area (Å²) < 4.78 is 1.72. The number of guanidine groups is 1. The summed E-state index contributed by atoms with van der Waals surface area (Å²) in [5.74, 6) is 1.73. The van der Waals surface area contributed by atoms with E-state index >= 15 is 0 Å². The van der Waals surface area contributed by atoms with Crippen LogP contribution in [0.2, 0.25) is 0 Å². The molecule has 1 N–H and O–H groups in total. The van der Waals surface area contributed by atoms with Crippen LogP contribution in [-0.4, -0.2) is 83.8 Å². The predicted molar refractivity (Wildman–Crippen MR) is 108 cm³/mol. The Hall–Kier alpha value is -2.09. The van der Waals surface area contributed by atoms with Crippen LogP contribution >= 0.6 is 0 Å². The van der Waals surface area contributed by atoms with Crippen LogP contribution in [0.5, 0.6) is 0 Å². The van der Waals surface area contributed by atoms with E-state index in [2.05, 4.69) is 34.2 Å². The number of nitrogens with zero attached hydrogens (tertiary/aromatic N) is 6. The van der Waals surface area contributed by atoms with Gasteiger partial charge < -0.3 is 15.1 Å². The molecule has 0 bridgehead atoms. The van der Waals surface area contributed by atoms with Crippen LogP contribution in [0.3, 0.4) is 0 Å². The van der Waals surface area contributed by atoms with Crippen LogP contribution in [-0.2, 0) is 11.8 Å². The molecule has 2 saturated heterocycles. The lowest BCUT2D eigenvalue weighted by atomic mass is 9.98. The van der Waals surface area contributed by atoms with E-state index in [0.717, 1.165) is 30.7 Å². The fourth-order valence-corrected chi connectivity index (χ4v) is 3.84. The third-order valence-electron chi connectivity index (χ3n) is 5.73. The molecule has 1 aromatic rings. The summed E-state index contributed by atoms with van der Waals surface area (Å²) in [4.78, 5) is 23.4. The zero-order valence-electron chi connectivity index (χ0n) is 17.1. The summed E-state index contributed by atoms with van der Waals surface area (Å²) >= 11 is 0. The topological polar surface area (TPSA) is 69.0 Å². The number of aryl methyl sites for hydroxylation is 1. The van der Waals surface area contributed by atoms with Crippen molar-refractivity contribution in [1.29, 1.82) is 0 Å². The minimum Gasteiger partial charge on any atom is -0.355 e. The second kappa shape index (κ2) is 8.73. The molecule has 0 aromatic carbocycles. The van der Waals surface area contributed by atoms with Gasteiger partial charge in [-0.25, -0.2) is 0 Å². The number of hydrogen-bond acceptors (Lipinski definition) is 4. The van der Waals surface area contributed by atoms with Crippen molar-refractivity contribution in [2.24, 2.45) is 18.0 Å². The highest BCUT2D eigenvalue weighted by atomic mass is 16.2. The summed E-state index contributed by atoms with van der Waals surface area (Å²) in [6, 6.07) is 0.460. The Morgan fingerprint density at radius 2 is 2.07 bits per heavy atom. The number of likely N-dealkylation sites (tertiary alicyclic amines) is 1. The maximum atomic E-state index is 12.6. The number of anilines is 1. The Morgan fingerprint density at radius 1 is 1.33 bits per heavy atom. The van der Waals surface area contributed by atoms with Gasteiger partial charge in [0, 0.05) is 46.0 Å². The van der Waals surface area contributed by atoms with Crippen LogP contribution in [0.25, 0.3) is 0 Å². The Morgan fingerprint density at radius 3 is 2.67 bits per heavy atom. The summed E-state index contributed by atoms with van der Waals surface area (Å²) in [6.45, 7) is 9.53. The van der Waals surface area contributed by atoms with Crippen molar-refractivity contribution in [2.45, 2.75) is 32.7 Å². The molecule has 27 heavy (non-hydrogen) atoms. The molecule has 0 aliphatic carbocycles. The van der Waals surface area contributed by atoms with Crippen LogP contribution in [0.15, 0.2) is 17.4 Å². The van der Waals surface area contributed by atoms with Gasteiger partial charge in [-0.3, -0.25) is 19.4 Å². The second-order valence-corrected chi connectivity index (χ2v) is 7.83. The molecule has 0 saturated carbocycles. The molecular formula is C19H33N7O. The molecule has 1 amide bonds. The van der Waals surface area contributed by atoms with Gasteiger partial charge in [-0.15, -0.1) is 0 Å². The number of piperidine rings is 1. The van der Waals surface area contributed by atoms with Crippen molar-refractivity contribution in [3.63, 3.8) is 0 Å². The molecule has 0 spiro atoms. The van der Waals surface area contributed by atoms with E-state index in [1.165, 1.54) is 25.9 Å². The summed E-state index contributed by atoms with van der Waals surface area (Å²) in [6.07, 6.45) is 6.18. The van der Waals surface area contributed by atoms with Crippen molar-refractivity contribution in [2.75, 3.05) is 51.2 Å². The first-order valence-electron chi connectivity index (χ1n) is 9.96. The average Bonchev–Trinajstić information content (AvgIpc) is 3.09. The van der Waals surface area contributed by atoms with E-state index in [1.54, 1.807) is 22.8 Å². The fraction of sp³-hybridized carbons (Fsp3) is 0.737. The Labute approximate surface area is 162 Å². The van der Waals surface area contributed by atoms with E-state index < -0.39 is 0 Å². The van der Waals surface area contributed by atoms with Crippen molar-refractivity contribution in [3.05, 3.63) is 12.4 Å². The summed E-state index contributed by atoms with van der Waals surface area (Å²) in [7, 11) is 3.65. The van der Waals surface area contributed by atoms with Crippen molar-refractivity contribution >= 4 is 17.6 Å². The molecule has 2 aliphatic heterocycles. The van der Waals surface area contributed by atoms with Crippen LogP contribution < -0.4 is 10.2 Å². The van der Waals surface area contributed by atoms with Gasteiger partial charge >= 0.3 is 0 Å². The molecule has 1 aromatic heterocycles. The van der Waals surface area contributed by atoms with Crippen LogP contribution in [0.1, 0.15) is 26.7 Å². The minimum atomic E-state index is 0.0790. The van der Waals surface area contributed by atoms with Gasteiger partial charge in [0.25, 0.3) is 0 Å². The predicted octanol–water partition coefficient (Wildman–Crippen LogP) is 0.765. The number of aliphatic imine (C=N–C) groups is 1. The largest absolute Gasteiger partial charge is 0.355 e. The van der Waals surface area contributed by atoms with Gasteiger partial charge in [0.1, 0.15) is 6.54 Å². The Bertz CT molecular complexity index is 663. The number of rotatable bonds is 4. The molecular weight excluding hydrogens is 342 g/mol. The van der Waals surface area contributed by atoms with Crippen molar-refractivity contribution < 1.29 is 4.79 Å². The normalized spacial score (nSPS) is 21.6. The highest BCUT2D eigenvalue weighted by Crippen LogP contribution is 2.18. The second-order valence-electron chi connectivity index (χ2n) is 7.83. The zero-order chi connectivity index (χ0) is 19.4. The van der Waals surface area contributed by atoms with Crippen molar-refractivity contribution in [3.8, 4) is 0 Å². The molecule has 8 nitrogen and oxygen atoms in total. The first-order valence-corrected chi connectivity index (χ1v) is 9.96. The molecule has 0 radical (unpaired) electrons. The number of aromatic nitrogens is 2. The molecule has 2 fully saturated rings. The van der Waals surface area contributed by atoms with Gasteiger partial charge in [-0.2, -0.15) is 5.10 Å². The van der Waals surface area contributed by atoms with Crippen LogP contribution in [0, 0.1) is 5.92 Å². The first kappa shape index (κ1) is 19.7. The number of nitrogens with one attached hydrogen (secondary N) is 1. The third kappa shape index (κ3) is 4.80. The fourth-order valence-electron chi connectivity index (χ4n) is 3.84. The number of hydrogen-bond donors (Lipinski definition) is 1. The van der Waals surface area contributed by atoms with E-state index in [4.69, 9.17) is 0 Å². The van der Waals surface area contributed by atoms with Gasteiger partial charge in [-0.05, 0) is 38.8 Å². The maximum Gasteiger partial charge on any atom is 0.246 e. The van der Waals surface area contributed by atoms with Crippen LogP contribution in [0.4, 0.5) is 5.69 Å². The van der Waals surface area contributed by atoms with E-state index in [-0.39, 0.29) is 5.91 Å². The smallest absolute Gasteiger partial charge is 0.246 e. The number of carbonyl (C=O) groups is 1. The molecule has 150 valence electrons. The SMILES string of the molecule is CN=C(NCC(C)N1CCC(C)CC1)N1CCN(c2cnn(C)c2)C(=O)C1. The Balaban J connectivity index is 1.50. The standard InChI is InChI=1S/C19H33N7O/c1-15-5-7-24(8-6-15)16(2)11-21-19(20-3)25-9-10-26(18(27)14-25)17-12-22-23(4)13-17/h12-13,15-16H,5-11,14H2,1-4H3,(H,20,21). The van der Waals surface area contributed by atoms with Gasteiger partial charge in [0.2, 0.25) is 5.91 Å². The third-order valence-corrected chi connectivity index (χ3v) is 5.73. The summed E-state index contributed by atoms with van der Waals surface area (Å²) in [5.41, 5.74) is 0.859. The summed E-state index contributed by atoms with van der Waals surface area (Å²) in [5, 5.41) is 7.64. The minimum absolute atomic E-state index is 0.0790. The maximum absolute atomic E-state index is 12.6. The van der Waals surface area contributed by atoms with Gasteiger partial charge in [-0.1, -0.05) is 6.92 Å². The highest BCUT2D eigenvalue weighted by Gasteiger charge is 2.28. The van der Waals surface area contributed by atoms with Gasteiger partial charge in [0.15, 0.2) is 5.96 Å². The lowest BCUT2D eigenvalue weighted by molar-refractivity contribution is -0.120.